The van der Waals surface area contributed by atoms with E-state index < -0.39 is 5.97 Å². The third-order valence-electron chi connectivity index (χ3n) is 5.15. The van der Waals surface area contributed by atoms with Gasteiger partial charge in [-0.25, -0.2) is 0 Å². The molecule has 1 aromatic heterocycles. The van der Waals surface area contributed by atoms with Crippen LogP contribution in [0.15, 0.2) is 4.52 Å². The summed E-state index contributed by atoms with van der Waals surface area (Å²) in [7, 11) is 0. The van der Waals surface area contributed by atoms with Gasteiger partial charge in [0.2, 0.25) is 5.91 Å². The summed E-state index contributed by atoms with van der Waals surface area (Å²) in [6.45, 7) is 5.65. The molecule has 1 amide bonds. The van der Waals surface area contributed by atoms with Gasteiger partial charge in [-0.05, 0) is 44.9 Å². The Morgan fingerprint density at radius 2 is 2.04 bits per heavy atom. The fraction of sp³-hybridized carbons (Fsp3) is 0.722. The van der Waals surface area contributed by atoms with Crippen LogP contribution in [0.1, 0.15) is 62.5 Å². The minimum atomic E-state index is -0.442. The van der Waals surface area contributed by atoms with Crippen LogP contribution < -0.4 is 0 Å². The number of fused-ring (bicyclic) bond motifs is 1. The van der Waals surface area contributed by atoms with Crippen molar-refractivity contribution in [3.8, 4) is 0 Å². The lowest BCUT2D eigenvalue weighted by Crippen LogP contribution is -2.39. The molecule has 0 spiro atoms. The molecule has 1 aliphatic carbocycles. The molecular formula is C18H26N2O4. The highest BCUT2D eigenvalue weighted by Crippen LogP contribution is 2.36. The number of esters is 1. The predicted octanol–water partition coefficient (Wildman–Crippen LogP) is 2.46. The Kier molecular flexibility index (Phi) is 5.21. The second-order valence-corrected chi connectivity index (χ2v) is 6.96. The fourth-order valence-corrected chi connectivity index (χ4v) is 3.76. The molecule has 1 aliphatic heterocycles. The molecule has 6 nitrogen and oxygen atoms in total. The SMILES string of the molecule is CCOC(=O)CC(=O)N1CCC(c2onc3c2C[C@@H](C)CC3)CC1. The number of hydrogen-bond donors (Lipinski definition) is 0. The van der Waals surface area contributed by atoms with Gasteiger partial charge < -0.3 is 14.2 Å². The van der Waals surface area contributed by atoms with Crippen LogP contribution in [-0.4, -0.2) is 41.6 Å². The van der Waals surface area contributed by atoms with E-state index in [2.05, 4.69) is 12.1 Å². The van der Waals surface area contributed by atoms with E-state index >= 15 is 0 Å². The lowest BCUT2D eigenvalue weighted by Gasteiger charge is -2.31. The number of rotatable bonds is 4. The number of carbonyl (C=O) groups is 2. The highest BCUT2D eigenvalue weighted by molar-refractivity contribution is 5.94. The quantitative estimate of drug-likeness (QED) is 0.625. The maximum absolute atomic E-state index is 12.1. The summed E-state index contributed by atoms with van der Waals surface area (Å²) in [5, 5.41) is 4.26. The highest BCUT2D eigenvalue weighted by Gasteiger charge is 2.31. The molecule has 0 N–H and O–H groups in total. The van der Waals surface area contributed by atoms with Gasteiger partial charge in [-0.1, -0.05) is 12.1 Å². The van der Waals surface area contributed by atoms with Gasteiger partial charge in [-0.2, -0.15) is 0 Å². The van der Waals surface area contributed by atoms with Gasteiger partial charge in [-0.3, -0.25) is 9.59 Å². The summed E-state index contributed by atoms with van der Waals surface area (Å²) in [4.78, 5) is 25.3. The number of hydrogen-bond acceptors (Lipinski definition) is 5. The number of carbonyl (C=O) groups excluding carboxylic acids is 2. The van der Waals surface area contributed by atoms with Crippen LogP contribution in [0.2, 0.25) is 0 Å². The molecule has 132 valence electrons. The lowest BCUT2D eigenvalue weighted by molar-refractivity contribution is -0.149. The molecule has 1 saturated heterocycles. The summed E-state index contributed by atoms with van der Waals surface area (Å²) in [5.74, 6) is 1.47. The zero-order valence-electron chi connectivity index (χ0n) is 14.5. The van der Waals surface area contributed by atoms with Crippen molar-refractivity contribution in [1.29, 1.82) is 0 Å². The molecular weight excluding hydrogens is 308 g/mol. The van der Waals surface area contributed by atoms with E-state index in [0.29, 0.717) is 31.5 Å². The van der Waals surface area contributed by atoms with Crippen molar-refractivity contribution in [3.05, 3.63) is 17.0 Å². The van der Waals surface area contributed by atoms with Crippen LogP contribution >= 0.6 is 0 Å². The molecule has 1 atom stereocenters. The second-order valence-electron chi connectivity index (χ2n) is 6.96. The molecule has 0 radical (unpaired) electrons. The van der Waals surface area contributed by atoms with E-state index in [4.69, 9.17) is 9.26 Å². The van der Waals surface area contributed by atoms with E-state index in [1.807, 2.05) is 0 Å². The van der Waals surface area contributed by atoms with Crippen molar-refractivity contribution in [2.75, 3.05) is 19.7 Å². The topological polar surface area (TPSA) is 72.6 Å². The van der Waals surface area contributed by atoms with Gasteiger partial charge in [0.25, 0.3) is 0 Å². The molecule has 6 heteroatoms. The van der Waals surface area contributed by atoms with Crippen molar-refractivity contribution >= 4 is 11.9 Å². The van der Waals surface area contributed by atoms with E-state index in [-0.39, 0.29) is 12.3 Å². The zero-order chi connectivity index (χ0) is 17.1. The predicted molar refractivity (Wildman–Crippen MR) is 87.5 cm³/mol. The number of likely N-dealkylation sites (tertiary alicyclic amines) is 1. The van der Waals surface area contributed by atoms with Crippen molar-refractivity contribution in [3.63, 3.8) is 0 Å². The summed E-state index contributed by atoms with van der Waals surface area (Å²) in [6, 6.07) is 0. The Morgan fingerprint density at radius 1 is 1.29 bits per heavy atom. The number of nitrogens with zero attached hydrogens (tertiary/aromatic N) is 2. The number of aromatic nitrogens is 1. The van der Waals surface area contributed by atoms with Crippen LogP contribution in [0, 0.1) is 5.92 Å². The van der Waals surface area contributed by atoms with Crippen LogP contribution in [0.4, 0.5) is 0 Å². The highest BCUT2D eigenvalue weighted by atomic mass is 16.5. The Bertz CT molecular complexity index is 602. The number of piperidine rings is 1. The first kappa shape index (κ1) is 17.0. The Labute approximate surface area is 142 Å². The van der Waals surface area contributed by atoms with Crippen molar-refractivity contribution in [2.45, 2.75) is 58.3 Å². The maximum Gasteiger partial charge on any atom is 0.315 e. The van der Waals surface area contributed by atoms with Crippen molar-refractivity contribution < 1.29 is 18.8 Å². The van der Waals surface area contributed by atoms with Gasteiger partial charge in [0.15, 0.2) is 0 Å². The molecule has 2 heterocycles. The molecule has 0 bridgehead atoms. The smallest absolute Gasteiger partial charge is 0.315 e. The van der Waals surface area contributed by atoms with Crippen LogP contribution in [0.3, 0.4) is 0 Å². The molecule has 0 aromatic carbocycles. The molecule has 0 unspecified atom stereocenters. The normalized spacial score (nSPS) is 21.4. The Hall–Kier alpha value is -1.85. The average molecular weight is 334 g/mol. The van der Waals surface area contributed by atoms with Gasteiger partial charge in [0, 0.05) is 24.6 Å². The van der Waals surface area contributed by atoms with Gasteiger partial charge in [0.1, 0.15) is 12.2 Å². The number of amides is 1. The summed E-state index contributed by atoms with van der Waals surface area (Å²) >= 11 is 0. The van der Waals surface area contributed by atoms with E-state index in [0.717, 1.165) is 37.1 Å². The third kappa shape index (κ3) is 3.62. The zero-order valence-corrected chi connectivity index (χ0v) is 14.5. The van der Waals surface area contributed by atoms with E-state index in [1.54, 1.807) is 11.8 Å². The fourth-order valence-electron chi connectivity index (χ4n) is 3.76. The number of aryl methyl sites for hydroxylation is 1. The standard InChI is InChI=1S/C18H26N2O4/c1-3-23-17(22)11-16(21)20-8-6-13(7-9-20)18-14-10-12(2)4-5-15(14)19-24-18/h12-13H,3-11H2,1-2H3/t12-/m0/s1. The molecule has 2 aliphatic rings. The lowest BCUT2D eigenvalue weighted by atomic mass is 9.83. The van der Waals surface area contributed by atoms with E-state index in [1.165, 1.54) is 12.0 Å². The van der Waals surface area contributed by atoms with Crippen LogP contribution in [0.25, 0.3) is 0 Å². The Morgan fingerprint density at radius 3 is 2.75 bits per heavy atom. The maximum atomic E-state index is 12.1. The summed E-state index contributed by atoms with van der Waals surface area (Å²) in [5.41, 5.74) is 2.44. The van der Waals surface area contributed by atoms with E-state index in [9.17, 15) is 9.59 Å². The number of ether oxygens (including phenoxy) is 1. The third-order valence-corrected chi connectivity index (χ3v) is 5.15. The minimum Gasteiger partial charge on any atom is -0.466 e. The monoisotopic (exact) mass is 334 g/mol. The summed E-state index contributed by atoms with van der Waals surface area (Å²) in [6.07, 6.45) is 4.82. The van der Waals surface area contributed by atoms with Gasteiger partial charge in [-0.15, -0.1) is 0 Å². The first-order chi connectivity index (χ1) is 11.6. The largest absolute Gasteiger partial charge is 0.466 e. The minimum absolute atomic E-state index is 0.139. The van der Waals surface area contributed by atoms with Crippen LogP contribution in [0.5, 0.6) is 0 Å². The first-order valence-corrected chi connectivity index (χ1v) is 8.99. The molecule has 3 rings (SSSR count). The molecule has 1 aromatic rings. The second kappa shape index (κ2) is 7.36. The van der Waals surface area contributed by atoms with Crippen molar-refractivity contribution in [2.24, 2.45) is 5.92 Å². The average Bonchev–Trinajstić information content (AvgIpc) is 2.98. The molecule has 0 saturated carbocycles. The van der Waals surface area contributed by atoms with Gasteiger partial charge >= 0.3 is 5.97 Å². The van der Waals surface area contributed by atoms with Gasteiger partial charge in [0.05, 0.1) is 12.3 Å². The summed E-state index contributed by atoms with van der Waals surface area (Å²) < 4.78 is 10.5. The van der Waals surface area contributed by atoms with Crippen molar-refractivity contribution in [1.82, 2.24) is 10.1 Å². The molecule has 24 heavy (non-hydrogen) atoms. The van der Waals surface area contributed by atoms with Crippen LogP contribution in [-0.2, 0) is 27.2 Å². The Balaban J connectivity index is 1.57. The molecule has 1 fully saturated rings. The first-order valence-electron chi connectivity index (χ1n) is 8.99.